The average Bonchev–Trinajstić information content (AvgIpc) is 2.96. The van der Waals surface area contributed by atoms with E-state index < -0.39 is 39.6 Å². The first-order valence-electron chi connectivity index (χ1n) is 8.89. The second-order valence-corrected chi connectivity index (χ2v) is 9.12. The lowest BCUT2D eigenvalue weighted by molar-refractivity contribution is 0.0887. The van der Waals surface area contributed by atoms with Crippen molar-refractivity contribution in [1.29, 1.82) is 5.26 Å². The molecule has 0 spiro atoms. The second kappa shape index (κ2) is 7.69. The molecule has 0 bridgehead atoms. The number of carbonyl (C=O) groups excluding carboxylic acids is 2. The van der Waals surface area contributed by atoms with Crippen LogP contribution in [0.3, 0.4) is 0 Å². The number of hydrogen-bond acceptors (Lipinski definition) is 5. The highest BCUT2D eigenvalue weighted by Crippen LogP contribution is 2.35. The van der Waals surface area contributed by atoms with Crippen molar-refractivity contribution >= 4 is 21.4 Å². The number of nitrogens with zero attached hydrogens (tertiary/aromatic N) is 1. The molecule has 2 unspecified atom stereocenters. The molecule has 0 radical (unpaired) electrons. The Morgan fingerprint density at radius 2 is 2.00 bits per heavy atom. The quantitative estimate of drug-likeness (QED) is 0.672. The Morgan fingerprint density at radius 1 is 1.33 bits per heavy atom. The average molecular weight is 435 g/mol. The van der Waals surface area contributed by atoms with Gasteiger partial charge in [0.15, 0.2) is 33.7 Å². The maximum Gasteiger partial charge on any atom is 0.198 e. The third-order valence-corrected chi connectivity index (χ3v) is 6.15. The van der Waals surface area contributed by atoms with Gasteiger partial charge in [0.1, 0.15) is 5.82 Å². The highest BCUT2D eigenvalue weighted by Gasteiger charge is 2.37. The topological polar surface area (TPSA) is 92.1 Å². The normalized spacial score (nSPS) is 16.8. The van der Waals surface area contributed by atoms with Crippen LogP contribution in [0.2, 0.25) is 0 Å². The van der Waals surface area contributed by atoms with Gasteiger partial charge in [0.05, 0.1) is 16.5 Å². The van der Waals surface area contributed by atoms with Gasteiger partial charge < -0.3 is 0 Å². The monoisotopic (exact) mass is 435 g/mol. The smallest absolute Gasteiger partial charge is 0.198 e. The number of hydrogen-bond donors (Lipinski definition) is 0. The number of sulfone groups is 1. The van der Waals surface area contributed by atoms with Crippen molar-refractivity contribution in [2.45, 2.75) is 37.0 Å². The highest BCUT2D eigenvalue weighted by molar-refractivity contribution is 7.90. The summed E-state index contributed by atoms with van der Waals surface area (Å²) in [6, 6.07) is 5.99. The second-order valence-electron chi connectivity index (χ2n) is 7.13. The number of halogens is 3. The first-order valence-corrected chi connectivity index (χ1v) is 10.8. The summed E-state index contributed by atoms with van der Waals surface area (Å²) < 4.78 is 65.7. The van der Waals surface area contributed by atoms with Crippen LogP contribution in [0.4, 0.5) is 13.2 Å². The van der Waals surface area contributed by atoms with E-state index in [-0.39, 0.29) is 45.6 Å². The lowest BCUT2D eigenvalue weighted by Gasteiger charge is -2.15. The predicted molar refractivity (Wildman–Crippen MR) is 101 cm³/mol. The molecular formula is C21H16F3NO4S. The maximum absolute atomic E-state index is 14.2. The van der Waals surface area contributed by atoms with Crippen LogP contribution in [0, 0.1) is 17.1 Å². The van der Waals surface area contributed by atoms with Gasteiger partial charge in [0.2, 0.25) is 0 Å². The molecule has 9 heteroatoms. The Hall–Kier alpha value is -2.99. The van der Waals surface area contributed by atoms with Crippen LogP contribution in [0.25, 0.3) is 0 Å². The van der Waals surface area contributed by atoms with E-state index >= 15 is 0 Å². The third-order valence-electron chi connectivity index (χ3n) is 5.01. The number of ketones is 2. The van der Waals surface area contributed by atoms with E-state index in [0.717, 1.165) is 31.4 Å². The van der Waals surface area contributed by atoms with Gasteiger partial charge in [-0.25, -0.2) is 21.6 Å². The van der Waals surface area contributed by atoms with E-state index in [4.69, 9.17) is 0 Å². The van der Waals surface area contributed by atoms with E-state index in [2.05, 4.69) is 0 Å². The van der Waals surface area contributed by atoms with Crippen molar-refractivity contribution in [3.8, 4) is 6.07 Å². The fraction of sp³-hybridized carbons (Fsp3) is 0.286. The Morgan fingerprint density at radius 3 is 2.57 bits per heavy atom. The Kier molecular flexibility index (Phi) is 5.56. The van der Waals surface area contributed by atoms with Gasteiger partial charge in [0, 0.05) is 23.8 Å². The minimum atomic E-state index is -3.82. The summed E-state index contributed by atoms with van der Waals surface area (Å²) in [4.78, 5) is 24.2. The summed E-state index contributed by atoms with van der Waals surface area (Å²) in [7, 11) is -3.82. The molecule has 0 N–H and O–H groups in total. The molecule has 156 valence electrons. The van der Waals surface area contributed by atoms with Crippen molar-refractivity contribution in [2.75, 3.05) is 6.26 Å². The maximum atomic E-state index is 14.2. The molecular weight excluding hydrogens is 419 g/mol. The molecule has 2 aromatic rings. The zero-order valence-corrected chi connectivity index (χ0v) is 16.8. The molecule has 0 aliphatic heterocycles. The first-order chi connectivity index (χ1) is 14.0. The SMILES string of the molecule is CC(F)C(=O)c1cc(F)cc(C#N)c1Cc1ccc(S(C)(=O)=O)c2c1CC(F)C2=O. The van der Waals surface area contributed by atoms with E-state index in [1.165, 1.54) is 6.07 Å². The molecule has 2 atom stereocenters. The molecule has 30 heavy (non-hydrogen) atoms. The van der Waals surface area contributed by atoms with Crippen LogP contribution >= 0.6 is 0 Å². The lowest BCUT2D eigenvalue weighted by atomic mass is 9.89. The van der Waals surface area contributed by atoms with Crippen LogP contribution < -0.4 is 0 Å². The van der Waals surface area contributed by atoms with Crippen molar-refractivity contribution in [3.05, 3.63) is 63.5 Å². The predicted octanol–water partition coefficient (Wildman–Crippen LogP) is 3.31. The summed E-state index contributed by atoms with van der Waals surface area (Å²) in [5, 5.41) is 9.38. The van der Waals surface area contributed by atoms with Crippen LogP contribution in [0.1, 0.15) is 49.9 Å². The van der Waals surface area contributed by atoms with Crippen LogP contribution in [-0.4, -0.2) is 38.6 Å². The number of carbonyl (C=O) groups is 2. The van der Waals surface area contributed by atoms with E-state index in [9.17, 15) is 36.4 Å². The molecule has 0 heterocycles. The number of rotatable bonds is 5. The van der Waals surface area contributed by atoms with Gasteiger partial charge in [-0.1, -0.05) is 6.07 Å². The van der Waals surface area contributed by atoms with E-state index in [1.54, 1.807) is 6.07 Å². The minimum absolute atomic E-state index is 0.0254. The molecule has 0 saturated heterocycles. The minimum Gasteiger partial charge on any atom is -0.291 e. The zero-order valence-electron chi connectivity index (χ0n) is 16.0. The van der Waals surface area contributed by atoms with Gasteiger partial charge in [-0.15, -0.1) is 0 Å². The molecule has 5 nitrogen and oxygen atoms in total. The van der Waals surface area contributed by atoms with Gasteiger partial charge in [-0.3, -0.25) is 9.59 Å². The third kappa shape index (κ3) is 3.75. The molecule has 3 rings (SSSR count). The molecule has 1 aliphatic carbocycles. The van der Waals surface area contributed by atoms with Gasteiger partial charge in [-0.05, 0) is 48.2 Å². The summed E-state index contributed by atoms with van der Waals surface area (Å²) in [5.74, 6) is -2.87. The summed E-state index contributed by atoms with van der Waals surface area (Å²) in [6.07, 6.45) is -3.54. The molecule has 0 fully saturated rings. The zero-order chi connectivity index (χ0) is 22.4. The van der Waals surface area contributed by atoms with Gasteiger partial charge >= 0.3 is 0 Å². The number of Topliss-reactive ketones (excluding diaryl/α,β-unsaturated/α-hetero) is 2. The van der Waals surface area contributed by atoms with E-state index in [1.807, 2.05) is 0 Å². The molecule has 0 aromatic heterocycles. The van der Waals surface area contributed by atoms with Crippen LogP contribution in [-0.2, 0) is 22.7 Å². The highest BCUT2D eigenvalue weighted by atomic mass is 32.2. The summed E-state index contributed by atoms with van der Waals surface area (Å²) in [5.41, 5.74) is -0.318. The van der Waals surface area contributed by atoms with Crippen molar-refractivity contribution in [2.24, 2.45) is 0 Å². The molecule has 1 aliphatic rings. The van der Waals surface area contributed by atoms with Gasteiger partial charge in [0.25, 0.3) is 0 Å². The van der Waals surface area contributed by atoms with Gasteiger partial charge in [-0.2, -0.15) is 5.26 Å². The molecule has 2 aromatic carbocycles. The van der Waals surface area contributed by atoms with Crippen LogP contribution in [0.15, 0.2) is 29.2 Å². The summed E-state index contributed by atoms with van der Waals surface area (Å²) in [6.45, 7) is 0.980. The lowest BCUT2D eigenvalue weighted by Crippen LogP contribution is -2.16. The number of fused-ring (bicyclic) bond motifs is 1. The fourth-order valence-corrected chi connectivity index (χ4v) is 4.54. The number of nitriles is 1. The molecule has 0 amide bonds. The van der Waals surface area contributed by atoms with Crippen molar-refractivity contribution in [1.82, 2.24) is 0 Å². The van der Waals surface area contributed by atoms with E-state index in [0.29, 0.717) is 5.56 Å². The largest absolute Gasteiger partial charge is 0.291 e. The van der Waals surface area contributed by atoms with Crippen molar-refractivity contribution in [3.63, 3.8) is 0 Å². The molecule has 0 saturated carbocycles. The standard InChI is InChI=1S/C21H16F3NO4S/c1-10(22)20(26)16-7-13(23)5-12(9-25)14(16)6-11-3-4-18(30(2,28)29)19-15(11)8-17(24)21(19)27/h3-5,7,10,17H,6,8H2,1-2H3. The number of benzene rings is 2. The Labute approximate surface area is 171 Å². The van der Waals surface area contributed by atoms with Crippen LogP contribution in [0.5, 0.6) is 0 Å². The number of alkyl halides is 2. The fourth-order valence-electron chi connectivity index (χ4n) is 3.63. The summed E-state index contributed by atoms with van der Waals surface area (Å²) >= 11 is 0. The Balaban J connectivity index is 2.24. The first kappa shape index (κ1) is 21.7. The van der Waals surface area contributed by atoms with Crippen molar-refractivity contribution < 1.29 is 31.2 Å². The Bertz CT molecular complexity index is 1230.